The highest BCUT2D eigenvalue weighted by Crippen LogP contribution is 2.06. The monoisotopic (exact) mass is 140 g/mol. The molecule has 0 aromatic heterocycles. The first-order chi connectivity index (χ1) is 4.57. The maximum atomic E-state index is 5.26. The molecule has 0 aromatic rings. The molecule has 0 heterocycles. The zero-order valence-corrected chi connectivity index (χ0v) is 6.94. The second kappa shape index (κ2) is 4.12. The van der Waals surface area contributed by atoms with E-state index in [0.717, 1.165) is 11.3 Å². The quantitative estimate of drug-likeness (QED) is 0.355. The summed E-state index contributed by atoms with van der Waals surface area (Å²) in [5.74, 6) is 5.69. The molecule has 0 saturated heterocycles. The van der Waals surface area contributed by atoms with Gasteiger partial charge in [-0.15, -0.1) is 0 Å². The van der Waals surface area contributed by atoms with Crippen LogP contribution in [0.25, 0.3) is 0 Å². The van der Waals surface area contributed by atoms with Gasteiger partial charge in [-0.05, 0) is 18.9 Å². The van der Waals surface area contributed by atoms with Crippen molar-refractivity contribution in [2.45, 2.75) is 20.8 Å². The standard InChI is InChI=1S/C8H16N2/c1-6(2)5-8(10-9)7(3)4/h5,7,10H,1,9H2,2-4H3/b8-5-. The summed E-state index contributed by atoms with van der Waals surface area (Å²) in [4.78, 5) is 0. The highest BCUT2D eigenvalue weighted by molar-refractivity contribution is 5.18. The minimum Gasteiger partial charge on any atom is -0.328 e. The highest BCUT2D eigenvalue weighted by atomic mass is 15.2. The third kappa shape index (κ3) is 3.30. The van der Waals surface area contributed by atoms with E-state index in [4.69, 9.17) is 5.84 Å². The van der Waals surface area contributed by atoms with Crippen molar-refractivity contribution in [1.29, 1.82) is 0 Å². The van der Waals surface area contributed by atoms with Gasteiger partial charge in [0.05, 0.1) is 0 Å². The second-order valence-corrected chi connectivity index (χ2v) is 2.75. The van der Waals surface area contributed by atoms with E-state index in [0.29, 0.717) is 5.92 Å². The van der Waals surface area contributed by atoms with Crippen LogP contribution in [0.2, 0.25) is 0 Å². The van der Waals surface area contributed by atoms with Crippen molar-refractivity contribution in [3.63, 3.8) is 0 Å². The third-order valence-corrected chi connectivity index (χ3v) is 1.19. The van der Waals surface area contributed by atoms with Crippen molar-refractivity contribution in [2.24, 2.45) is 11.8 Å². The topological polar surface area (TPSA) is 38.0 Å². The fraction of sp³-hybridized carbons (Fsp3) is 0.500. The maximum Gasteiger partial charge on any atom is 0.0287 e. The molecule has 0 aliphatic rings. The lowest BCUT2D eigenvalue weighted by atomic mass is 10.1. The van der Waals surface area contributed by atoms with Gasteiger partial charge >= 0.3 is 0 Å². The molecule has 0 bridgehead atoms. The van der Waals surface area contributed by atoms with Crippen molar-refractivity contribution >= 4 is 0 Å². The molecule has 58 valence electrons. The zero-order chi connectivity index (χ0) is 8.15. The molecule has 2 nitrogen and oxygen atoms in total. The minimum atomic E-state index is 0.432. The van der Waals surface area contributed by atoms with Gasteiger partial charge < -0.3 is 5.43 Å². The molecule has 0 amide bonds. The molecule has 0 unspecified atom stereocenters. The Labute approximate surface area is 62.8 Å². The van der Waals surface area contributed by atoms with E-state index in [9.17, 15) is 0 Å². The van der Waals surface area contributed by atoms with E-state index in [1.807, 2.05) is 13.0 Å². The molecule has 3 N–H and O–H groups in total. The largest absolute Gasteiger partial charge is 0.328 e. The molecule has 0 aliphatic carbocycles. The van der Waals surface area contributed by atoms with Crippen molar-refractivity contribution < 1.29 is 0 Å². The Morgan fingerprint density at radius 1 is 1.60 bits per heavy atom. The van der Waals surface area contributed by atoms with Crippen LogP contribution in [0.4, 0.5) is 0 Å². The van der Waals surface area contributed by atoms with Crippen LogP contribution in [0.5, 0.6) is 0 Å². The molecular weight excluding hydrogens is 124 g/mol. The normalized spacial score (nSPS) is 11.9. The van der Waals surface area contributed by atoms with Crippen LogP contribution in [0, 0.1) is 5.92 Å². The molecule has 0 saturated carbocycles. The molecule has 0 radical (unpaired) electrons. The summed E-state index contributed by atoms with van der Waals surface area (Å²) >= 11 is 0. The summed E-state index contributed by atoms with van der Waals surface area (Å²) in [6, 6.07) is 0. The van der Waals surface area contributed by atoms with Gasteiger partial charge in [0.1, 0.15) is 0 Å². The lowest BCUT2D eigenvalue weighted by Gasteiger charge is -2.09. The fourth-order valence-corrected chi connectivity index (χ4v) is 0.640. The first kappa shape index (κ1) is 9.24. The molecule has 0 aromatic carbocycles. The van der Waals surface area contributed by atoms with Gasteiger partial charge in [-0.25, -0.2) is 0 Å². The summed E-state index contributed by atoms with van der Waals surface area (Å²) in [5, 5.41) is 0. The fourth-order valence-electron chi connectivity index (χ4n) is 0.640. The Morgan fingerprint density at radius 2 is 2.10 bits per heavy atom. The number of hydrogen-bond donors (Lipinski definition) is 2. The van der Waals surface area contributed by atoms with Crippen LogP contribution in [0.1, 0.15) is 20.8 Å². The van der Waals surface area contributed by atoms with Crippen molar-refractivity contribution in [1.82, 2.24) is 5.43 Å². The summed E-state index contributed by atoms with van der Waals surface area (Å²) < 4.78 is 0. The number of rotatable bonds is 3. The maximum absolute atomic E-state index is 5.26. The van der Waals surface area contributed by atoms with Gasteiger partial charge in [-0.2, -0.15) is 0 Å². The van der Waals surface area contributed by atoms with Crippen LogP contribution in [0.3, 0.4) is 0 Å². The van der Waals surface area contributed by atoms with Crippen molar-refractivity contribution in [3.8, 4) is 0 Å². The van der Waals surface area contributed by atoms with E-state index >= 15 is 0 Å². The number of nitrogens with two attached hydrogens (primary N) is 1. The molecule has 0 rings (SSSR count). The number of nitrogens with one attached hydrogen (secondary N) is 1. The van der Waals surface area contributed by atoms with Crippen LogP contribution < -0.4 is 11.3 Å². The van der Waals surface area contributed by atoms with Gasteiger partial charge in [0.15, 0.2) is 0 Å². The number of hydrogen-bond acceptors (Lipinski definition) is 2. The Bertz CT molecular complexity index is 145. The Hall–Kier alpha value is -0.760. The average molecular weight is 140 g/mol. The van der Waals surface area contributed by atoms with Crippen molar-refractivity contribution in [3.05, 3.63) is 23.9 Å². The number of hydrazine groups is 1. The average Bonchev–Trinajstić information content (AvgIpc) is 1.81. The van der Waals surface area contributed by atoms with E-state index in [1.165, 1.54) is 0 Å². The second-order valence-electron chi connectivity index (χ2n) is 2.75. The summed E-state index contributed by atoms with van der Waals surface area (Å²) in [6.07, 6.45) is 1.95. The molecule has 0 aliphatic heterocycles. The Kier molecular flexibility index (Phi) is 3.81. The van der Waals surface area contributed by atoms with E-state index < -0.39 is 0 Å². The number of allylic oxidation sites excluding steroid dienone is 3. The lowest BCUT2D eigenvalue weighted by molar-refractivity contribution is 0.671. The predicted octanol–water partition coefficient (Wildman–Crippen LogP) is 1.57. The molecule has 0 spiro atoms. The zero-order valence-electron chi connectivity index (χ0n) is 6.94. The molecule has 0 fully saturated rings. The van der Waals surface area contributed by atoms with Gasteiger partial charge in [0.2, 0.25) is 0 Å². The van der Waals surface area contributed by atoms with Crippen LogP contribution >= 0.6 is 0 Å². The SMILES string of the molecule is C=C(C)/C=C(\NN)C(C)C. The van der Waals surface area contributed by atoms with E-state index in [2.05, 4.69) is 25.9 Å². The predicted molar refractivity (Wildman–Crippen MR) is 45.1 cm³/mol. The first-order valence-electron chi connectivity index (χ1n) is 3.41. The highest BCUT2D eigenvalue weighted by Gasteiger charge is 1.98. The van der Waals surface area contributed by atoms with E-state index in [1.54, 1.807) is 0 Å². The van der Waals surface area contributed by atoms with Crippen LogP contribution in [-0.2, 0) is 0 Å². The minimum absolute atomic E-state index is 0.432. The van der Waals surface area contributed by atoms with Gasteiger partial charge in [-0.3, -0.25) is 5.84 Å². The van der Waals surface area contributed by atoms with Crippen LogP contribution in [-0.4, -0.2) is 0 Å². The lowest BCUT2D eigenvalue weighted by Crippen LogP contribution is -2.24. The van der Waals surface area contributed by atoms with Gasteiger partial charge in [0.25, 0.3) is 0 Å². The summed E-state index contributed by atoms with van der Waals surface area (Å²) in [7, 11) is 0. The first-order valence-corrected chi connectivity index (χ1v) is 3.41. The molecule has 10 heavy (non-hydrogen) atoms. The molecule has 2 heteroatoms. The Balaban J connectivity index is 4.18. The van der Waals surface area contributed by atoms with Crippen LogP contribution in [0.15, 0.2) is 23.9 Å². The van der Waals surface area contributed by atoms with Gasteiger partial charge in [-0.1, -0.05) is 26.0 Å². The van der Waals surface area contributed by atoms with E-state index in [-0.39, 0.29) is 0 Å². The summed E-state index contributed by atoms with van der Waals surface area (Å²) in [5.41, 5.74) is 4.67. The third-order valence-electron chi connectivity index (χ3n) is 1.19. The summed E-state index contributed by atoms with van der Waals surface area (Å²) in [6.45, 7) is 9.85. The smallest absolute Gasteiger partial charge is 0.0287 e. The Morgan fingerprint density at radius 3 is 2.20 bits per heavy atom. The molecule has 0 atom stereocenters. The van der Waals surface area contributed by atoms with Gasteiger partial charge in [0, 0.05) is 5.70 Å². The molecular formula is C8H16N2. The van der Waals surface area contributed by atoms with Crippen molar-refractivity contribution in [2.75, 3.05) is 0 Å².